The van der Waals surface area contributed by atoms with Crippen molar-refractivity contribution in [2.24, 2.45) is 0 Å². The summed E-state index contributed by atoms with van der Waals surface area (Å²) in [5.41, 5.74) is 2.91. The fraction of sp³-hybridized carbons (Fsp3) is 0.348. The van der Waals surface area contributed by atoms with E-state index in [-0.39, 0.29) is 11.9 Å². The Balaban J connectivity index is 1.37. The van der Waals surface area contributed by atoms with Crippen molar-refractivity contribution < 1.29 is 9.59 Å². The van der Waals surface area contributed by atoms with Crippen LogP contribution in [0.15, 0.2) is 54.9 Å². The number of pyridine rings is 1. The van der Waals surface area contributed by atoms with Crippen LogP contribution in [0.25, 0.3) is 5.65 Å². The minimum atomic E-state index is -0.865. The maximum absolute atomic E-state index is 13.0. The summed E-state index contributed by atoms with van der Waals surface area (Å²) >= 11 is 0. The molecule has 0 saturated heterocycles. The largest absolute Gasteiger partial charge is 0.348 e. The number of benzene rings is 1. The molecule has 0 aliphatic heterocycles. The number of nitrogens with one attached hydrogen (secondary N) is 3. The first-order valence-corrected chi connectivity index (χ1v) is 10.4. The van der Waals surface area contributed by atoms with Crippen LogP contribution < -0.4 is 16.0 Å². The van der Waals surface area contributed by atoms with Crippen LogP contribution in [0.2, 0.25) is 0 Å². The number of amides is 3. The highest BCUT2D eigenvalue weighted by atomic mass is 16.2. The molecule has 4 rings (SSSR count). The molecule has 0 radical (unpaired) electrons. The predicted molar refractivity (Wildman–Crippen MR) is 115 cm³/mol. The zero-order valence-corrected chi connectivity index (χ0v) is 17.1. The molecule has 2 heterocycles. The predicted octanol–water partition coefficient (Wildman–Crippen LogP) is 3.07. The average molecular weight is 406 g/mol. The maximum atomic E-state index is 13.0. The molecule has 3 N–H and O–H groups in total. The van der Waals surface area contributed by atoms with Gasteiger partial charge < -0.3 is 20.4 Å². The minimum absolute atomic E-state index is 0.149. The third-order valence-corrected chi connectivity index (χ3v) is 5.70. The lowest BCUT2D eigenvalue weighted by Gasteiger charge is -2.29. The summed E-state index contributed by atoms with van der Waals surface area (Å²) < 4.78 is 1.96. The number of urea groups is 1. The second-order valence-corrected chi connectivity index (χ2v) is 7.92. The Morgan fingerprint density at radius 3 is 2.53 bits per heavy atom. The third-order valence-electron chi connectivity index (χ3n) is 5.70. The van der Waals surface area contributed by atoms with Crippen LogP contribution in [0, 0.1) is 6.92 Å². The van der Waals surface area contributed by atoms with E-state index in [9.17, 15) is 9.59 Å². The molecule has 0 unspecified atom stereocenters. The lowest BCUT2D eigenvalue weighted by molar-refractivity contribution is -0.127. The van der Waals surface area contributed by atoms with E-state index in [1.54, 1.807) is 0 Å². The quantitative estimate of drug-likeness (QED) is 0.589. The van der Waals surface area contributed by atoms with Crippen molar-refractivity contribution in [2.45, 2.75) is 51.2 Å². The Bertz CT molecular complexity index is 1040. The molecule has 3 aromatic rings. The average Bonchev–Trinajstić information content (AvgIpc) is 3.40. The van der Waals surface area contributed by atoms with Crippen LogP contribution in [0.5, 0.6) is 0 Å². The maximum Gasteiger partial charge on any atom is 0.315 e. The van der Waals surface area contributed by atoms with Crippen molar-refractivity contribution in [2.75, 3.05) is 0 Å². The normalized spacial score (nSPS) is 15.1. The number of carbonyl (C=O) groups excluding carboxylic acids is 2. The van der Waals surface area contributed by atoms with Gasteiger partial charge in [0.15, 0.2) is 0 Å². The fourth-order valence-electron chi connectivity index (χ4n) is 4.06. The summed E-state index contributed by atoms with van der Waals surface area (Å²) in [7, 11) is 0. The van der Waals surface area contributed by atoms with Crippen molar-refractivity contribution in [3.8, 4) is 0 Å². The Kier molecular flexibility index (Phi) is 5.70. The topological polar surface area (TPSA) is 87.5 Å². The molecule has 7 heteroatoms. The Hall–Kier alpha value is -3.35. The smallest absolute Gasteiger partial charge is 0.315 e. The first-order valence-electron chi connectivity index (χ1n) is 10.4. The molecule has 30 heavy (non-hydrogen) atoms. The molecule has 1 saturated carbocycles. The van der Waals surface area contributed by atoms with Gasteiger partial charge in [-0.1, -0.05) is 49.2 Å². The van der Waals surface area contributed by atoms with Crippen LogP contribution in [0.4, 0.5) is 4.79 Å². The van der Waals surface area contributed by atoms with E-state index in [2.05, 4.69) is 20.9 Å². The zero-order valence-electron chi connectivity index (χ0n) is 17.1. The molecular weight excluding hydrogens is 378 g/mol. The molecule has 0 spiro atoms. The molecule has 7 nitrogen and oxygen atoms in total. The summed E-state index contributed by atoms with van der Waals surface area (Å²) in [5.74, 6) is -0.149. The molecule has 1 aliphatic rings. The first-order chi connectivity index (χ1) is 14.6. The number of hydrogen-bond acceptors (Lipinski definition) is 3. The van der Waals surface area contributed by atoms with Gasteiger partial charge in [-0.15, -0.1) is 0 Å². The van der Waals surface area contributed by atoms with Crippen molar-refractivity contribution in [3.63, 3.8) is 0 Å². The number of aromatic nitrogens is 2. The molecule has 1 fully saturated rings. The highest BCUT2D eigenvalue weighted by Crippen LogP contribution is 2.30. The molecule has 1 aromatic carbocycles. The van der Waals surface area contributed by atoms with Crippen LogP contribution in [0.3, 0.4) is 0 Å². The van der Waals surface area contributed by atoms with E-state index in [4.69, 9.17) is 0 Å². The molecular formula is C23H27N5O2. The van der Waals surface area contributed by atoms with Crippen LogP contribution in [-0.4, -0.2) is 26.9 Å². The molecule has 2 aromatic heterocycles. The second-order valence-electron chi connectivity index (χ2n) is 7.92. The number of fused-ring (bicyclic) bond motifs is 1. The molecule has 3 amide bonds. The standard InChI is InChI=1S/C23H27N5O2/c1-17-8-7-13-28-16-19(26-20(17)28)15-24-21(29)23(11-5-6-12-23)27-22(30)25-14-18-9-3-2-4-10-18/h2-4,7-10,13,16H,5-6,11-12,14-15H2,1H3,(H,24,29)(H2,25,27,30). The van der Waals surface area contributed by atoms with Gasteiger partial charge in [0, 0.05) is 18.9 Å². The number of nitrogens with zero attached hydrogens (tertiary/aromatic N) is 2. The van der Waals surface area contributed by atoms with Crippen LogP contribution >= 0.6 is 0 Å². The van der Waals surface area contributed by atoms with Gasteiger partial charge in [-0.3, -0.25) is 4.79 Å². The molecule has 0 bridgehead atoms. The molecule has 0 atom stereocenters. The number of rotatable bonds is 6. The van der Waals surface area contributed by atoms with E-state index in [0.29, 0.717) is 25.9 Å². The fourth-order valence-corrected chi connectivity index (χ4v) is 4.06. The van der Waals surface area contributed by atoms with Gasteiger partial charge in [-0.25, -0.2) is 9.78 Å². The monoisotopic (exact) mass is 405 g/mol. The van der Waals surface area contributed by atoms with Crippen molar-refractivity contribution in [1.82, 2.24) is 25.3 Å². The number of carbonyl (C=O) groups is 2. The van der Waals surface area contributed by atoms with Gasteiger partial charge in [-0.05, 0) is 37.0 Å². The lowest BCUT2D eigenvalue weighted by atomic mass is 9.96. The second kappa shape index (κ2) is 8.57. The SMILES string of the molecule is Cc1cccn2cc(CNC(=O)C3(NC(=O)NCc4ccccc4)CCCC3)nc12. The Morgan fingerprint density at radius 2 is 1.80 bits per heavy atom. The van der Waals surface area contributed by atoms with Crippen molar-refractivity contribution in [3.05, 3.63) is 71.7 Å². The third kappa shape index (κ3) is 4.30. The number of imidazole rings is 1. The zero-order chi connectivity index (χ0) is 21.0. The summed E-state index contributed by atoms with van der Waals surface area (Å²) in [6.07, 6.45) is 6.98. The van der Waals surface area contributed by atoms with Crippen LogP contribution in [0.1, 0.15) is 42.5 Å². The van der Waals surface area contributed by atoms with Gasteiger partial charge in [0.05, 0.1) is 12.2 Å². The van der Waals surface area contributed by atoms with Gasteiger partial charge in [0.25, 0.3) is 0 Å². The van der Waals surface area contributed by atoms with E-state index < -0.39 is 5.54 Å². The highest BCUT2D eigenvalue weighted by molar-refractivity contribution is 5.91. The van der Waals surface area contributed by atoms with Gasteiger partial charge >= 0.3 is 6.03 Å². The summed E-state index contributed by atoms with van der Waals surface area (Å²) in [6, 6.07) is 13.4. The van der Waals surface area contributed by atoms with E-state index in [0.717, 1.165) is 35.3 Å². The molecule has 156 valence electrons. The van der Waals surface area contributed by atoms with E-state index in [1.165, 1.54) is 0 Å². The summed E-state index contributed by atoms with van der Waals surface area (Å²) in [4.78, 5) is 30.1. The van der Waals surface area contributed by atoms with E-state index >= 15 is 0 Å². The van der Waals surface area contributed by atoms with Crippen molar-refractivity contribution in [1.29, 1.82) is 0 Å². The van der Waals surface area contributed by atoms with Crippen LogP contribution in [-0.2, 0) is 17.9 Å². The summed E-state index contributed by atoms with van der Waals surface area (Å²) in [5, 5.41) is 8.79. The highest BCUT2D eigenvalue weighted by Gasteiger charge is 2.42. The minimum Gasteiger partial charge on any atom is -0.348 e. The Morgan fingerprint density at radius 1 is 1.03 bits per heavy atom. The summed E-state index contributed by atoms with van der Waals surface area (Å²) in [6.45, 7) is 2.76. The van der Waals surface area contributed by atoms with Gasteiger partial charge in [0.1, 0.15) is 11.2 Å². The number of aryl methyl sites for hydroxylation is 1. The first kappa shape index (κ1) is 19.9. The van der Waals surface area contributed by atoms with Gasteiger partial charge in [0.2, 0.25) is 5.91 Å². The number of hydrogen-bond donors (Lipinski definition) is 3. The lowest BCUT2D eigenvalue weighted by Crippen LogP contribution is -2.59. The van der Waals surface area contributed by atoms with Crippen molar-refractivity contribution >= 4 is 17.6 Å². The Labute approximate surface area is 175 Å². The van der Waals surface area contributed by atoms with E-state index in [1.807, 2.05) is 66.2 Å². The molecule has 1 aliphatic carbocycles. The van der Waals surface area contributed by atoms with Gasteiger partial charge in [-0.2, -0.15) is 0 Å².